The molecule has 0 spiro atoms. The maximum atomic E-state index is 11.2. The van der Waals surface area contributed by atoms with Crippen LogP contribution in [0.4, 0.5) is 0 Å². The number of carbonyl (C=O) groups is 1. The summed E-state index contributed by atoms with van der Waals surface area (Å²) in [5.41, 5.74) is 3.34. The molecule has 2 heterocycles. The molecule has 0 saturated carbocycles. The molecule has 29 heavy (non-hydrogen) atoms. The van der Waals surface area contributed by atoms with Crippen LogP contribution in [0, 0.1) is 0 Å². The lowest BCUT2D eigenvalue weighted by atomic mass is 10.0. The van der Waals surface area contributed by atoms with Crippen LogP contribution in [-0.2, 0) is 0 Å². The lowest BCUT2D eigenvalue weighted by molar-refractivity contribution is 0.0697. The Hall–Kier alpha value is -3.99. The third kappa shape index (κ3) is 3.84. The summed E-state index contributed by atoms with van der Waals surface area (Å²) in [6.07, 6.45) is 7.21. The van der Waals surface area contributed by atoms with Gasteiger partial charge in [0.25, 0.3) is 0 Å². The zero-order valence-electron chi connectivity index (χ0n) is 15.7. The van der Waals surface area contributed by atoms with Gasteiger partial charge >= 0.3 is 5.97 Å². The van der Waals surface area contributed by atoms with Gasteiger partial charge in [-0.25, -0.2) is 4.79 Å². The van der Waals surface area contributed by atoms with Crippen molar-refractivity contribution >= 4 is 28.9 Å². The van der Waals surface area contributed by atoms with Crippen LogP contribution in [0.15, 0.2) is 73.1 Å². The highest BCUT2D eigenvalue weighted by Gasteiger charge is 2.08. The molecule has 4 rings (SSSR count). The smallest absolute Gasteiger partial charge is 0.335 e. The van der Waals surface area contributed by atoms with E-state index < -0.39 is 5.97 Å². The quantitative estimate of drug-likeness (QED) is 0.515. The molecule has 5 nitrogen and oxygen atoms in total. The van der Waals surface area contributed by atoms with Crippen molar-refractivity contribution in [3.05, 3.63) is 89.7 Å². The SMILES string of the molecule is COc1ccc(/C=C/c2ccnc(-c3cc(C(=O)O)ccn3)c2)c2ccccc12. The van der Waals surface area contributed by atoms with E-state index in [1.807, 2.05) is 54.6 Å². The molecule has 1 N–H and O–H groups in total. The number of rotatable bonds is 5. The van der Waals surface area contributed by atoms with Crippen molar-refractivity contribution in [2.24, 2.45) is 0 Å². The van der Waals surface area contributed by atoms with Gasteiger partial charge in [-0.15, -0.1) is 0 Å². The Morgan fingerprint density at radius 1 is 0.897 bits per heavy atom. The van der Waals surface area contributed by atoms with E-state index in [0.29, 0.717) is 11.4 Å². The number of carboxylic acid groups (broad SMARTS) is 1. The second-order valence-corrected chi connectivity index (χ2v) is 6.45. The van der Waals surface area contributed by atoms with Crippen molar-refractivity contribution in [2.75, 3.05) is 7.11 Å². The molecule has 0 bridgehead atoms. The highest BCUT2D eigenvalue weighted by Crippen LogP contribution is 2.29. The minimum atomic E-state index is -0.990. The predicted molar refractivity (Wildman–Crippen MR) is 114 cm³/mol. The summed E-state index contributed by atoms with van der Waals surface area (Å²) in [4.78, 5) is 19.8. The zero-order valence-corrected chi connectivity index (χ0v) is 15.7. The second kappa shape index (κ2) is 7.94. The maximum Gasteiger partial charge on any atom is 0.335 e. The van der Waals surface area contributed by atoms with E-state index in [9.17, 15) is 9.90 Å². The molecule has 0 atom stereocenters. The molecule has 0 unspecified atom stereocenters. The summed E-state index contributed by atoms with van der Waals surface area (Å²) in [5.74, 6) is -0.149. The number of methoxy groups -OCH3 is 1. The number of aromatic carboxylic acids is 1. The van der Waals surface area contributed by atoms with Crippen molar-refractivity contribution in [2.45, 2.75) is 0 Å². The first-order valence-corrected chi connectivity index (χ1v) is 9.05. The zero-order chi connectivity index (χ0) is 20.2. The molecular weight excluding hydrogens is 364 g/mol. The van der Waals surface area contributed by atoms with Crippen molar-refractivity contribution in [3.8, 4) is 17.1 Å². The van der Waals surface area contributed by atoms with Crippen LogP contribution >= 0.6 is 0 Å². The number of carboxylic acids is 1. The van der Waals surface area contributed by atoms with Crippen LogP contribution in [0.25, 0.3) is 34.3 Å². The number of hydrogen-bond acceptors (Lipinski definition) is 4. The van der Waals surface area contributed by atoms with Crippen LogP contribution in [0.3, 0.4) is 0 Å². The maximum absolute atomic E-state index is 11.2. The summed E-state index contributed by atoms with van der Waals surface area (Å²) < 4.78 is 5.46. The first-order chi connectivity index (χ1) is 14.2. The molecule has 2 aromatic carbocycles. The average molecular weight is 382 g/mol. The second-order valence-electron chi connectivity index (χ2n) is 6.45. The number of hydrogen-bond donors (Lipinski definition) is 1. The van der Waals surface area contributed by atoms with Gasteiger partial charge in [-0.3, -0.25) is 9.97 Å². The lowest BCUT2D eigenvalue weighted by Gasteiger charge is -2.08. The first-order valence-electron chi connectivity index (χ1n) is 9.05. The molecule has 0 fully saturated rings. The number of aromatic nitrogens is 2. The lowest BCUT2D eigenvalue weighted by Crippen LogP contribution is -1.98. The van der Waals surface area contributed by atoms with Crippen LogP contribution in [0.5, 0.6) is 5.75 Å². The Labute approximate surface area is 168 Å². The first kappa shape index (κ1) is 18.4. The van der Waals surface area contributed by atoms with E-state index in [1.165, 1.54) is 18.3 Å². The molecule has 0 radical (unpaired) electrons. The number of pyridine rings is 2. The fourth-order valence-electron chi connectivity index (χ4n) is 3.20. The van der Waals surface area contributed by atoms with E-state index in [4.69, 9.17) is 4.74 Å². The monoisotopic (exact) mass is 382 g/mol. The van der Waals surface area contributed by atoms with E-state index >= 15 is 0 Å². The van der Waals surface area contributed by atoms with Crippen LogP contribution < -0.4 is 4.74 Å². The van der Waals surface area contributed by atoms with Crippen molar-refractivity contribution in [3.63, 3.8) is 0 Å². The molecule has 0 saturated heterocycles. The molecule has 0 aliphatic rings. The number of nitrogens with zero attached hydrogens (tertiary/aromatic N) is 2. The fraction of sp³-hybridized carbons (Fsp3) is 0.0417. The van der Waals surface area contributed by atoms with E-state index in [0.717, 1.165) is 27.6 Å². The summed E-state index contributed by atoms with van der Waals surface area (Å²) in [7, 11) is 1.67. The molecule has 0 aliphatic carbocycles. The van der Waals surface area contributed by atoms with Gasteiger partial charge in [0, 0.05) is 17.8 Å². The van der Waals surface area contributed by atoms with Crippen molar-refractivity contribution < 1.29 is 14.6 Å². The number of benzene rings is 2. The molecule has 0 aliphatic heterocycles. The Bertz CT molecular complexity index is 1230. The standard InChI is InChI=1S/C24H18N2O3/c1-29-23-9-8-17(19-4-2-3-5-20(19)23)7-6-16-10-12-25-21(14-16)22-15-18(24(27)28)11-13-26-22/h2-15H,1H3,(H,27,28)/b7-6+. The van der Waals surface area contributed by atoms with Gasteiger partial charge in [-0.05, 0) is 46.8 Å². The van der Waals surface area contributed by atoms with Crippen molar-refractivity contribution in [1.82, 2.24) is 9.97 Å². The summed E-state index contributed by atoms with van der Waals surface area (Å²) in [5, 5.41) is 11.3. The van der Waals surface area contributed by atoms with Gasteiger partial charge in [0.1, 0.15) is 5.75 Å². The van der Waals surface area contributed by atoms with Crippen LogP contribution in [-0.4, -0.2) is 28.2 Å². The fourth-order valence-corrected chi connectivity index (χ4v) is 3.20. The summed E-state index contributed by atoms with van der Waals surface area (Å²) in [6.45, 7) is 0. The van der Waals surface area contributed by atoms with Gasteiger partial charge in [-0.2, -0.15) is 0 Å². The summed E-state index contributed by atoms with van der Waals surface area (Å²) in [6, 6.07) is 18.9. The molecule has 4 aromatic rings. The molecule has 0 amide bonds. The van der Waals surface area contributed by atoms with Gasteiger partial charge in [0.05, 0.1) is 24.1 Å². The average Bonchev–Trinajstić information content (AvgIpc) is 2.77. The summed E-state index contributed by atoms with van der Waals surface area (Å²) >= 11 is 0. The topological polar surface area (TPSA) is 72.3 Å². The third-order valence-electron chi connectivity index (χ3n) is 4.65. The van der Waals surface area contributed by atoms with E-state index in [1.54, 1.807) is 13.3 Å². The highest BCUT2D eigenvalue weighted by atomic mass is 16.5. The Balaban J connectivity index is 1.69. The Kier molecular flexibility index (Phi) is 5.03. The Morgan fingerprint density at radius 2 is 1.62 bits per heavy atom. The van der Waals surface area contributed by atoms with Gasteiger partial charge < -0.3 is 9.84 Å². The molecule has 5 heteroatoms. The van der Waals surface area contributed by atoms with Crippen LogP contribution in [0.2, 0.25) is 0 Å². The van der Waals surface area contributed by atoms with Gasteiger partial charge in [-0.1, -0.05) is 42.5 Å². The van der Waals surface area contributed by atoms with Crippen molar-refractivity contribution in [1.29, 1.82) is 0 Å². The van der Waals surface area contributed by atoms with Gasteiger partial charge in [0.2, 0.25) is 0 Å². The minimum absolute atomic E-state index is 0.183. The highest BCUT2D eigenvalue weighted by molar-refractivity contribution is 5.96. The van der Waals surface area contributed by atoms with E-state index in [-0.39, 0.29) is 5.56 Å². The molecule has 142 valence electrons. The normalized spacial score (nSPS) is 11.1. The number of ether oxygens (including phenoxy) is 1. The Morgan fingerprint density at radius 3 is 2.38 bits per heavy atom. The molecular formula is C24H18N2O3. The predicted octanol–water partition coefficient (Wildman–Crippen LogP) is 5.17. The number of fused-ring (bicyclic) bond motifs is 1. The van der Waals surface area contributed by atoms with Crippen LogP contribution in [0.1, 0.15) is 21.5 Å². The largest absolute Gasteiger partial charge is 0.496 e. The van der Waals surface area contributed by atoms with E-state index in [2.05, 4.69) is 16.0 Å². The molecule has 2 aromatic heterocycles. The third-order valence-corrected chi connectivity index (χ3v) is 4.65. The van der Waals surface area contributed by atoms with Gasteiger partial charge in [0.15, 0.2) is 0 Å². The minimum Gasteiger partial charge on any atom is -0.496 e.